The van der Waals surface area contributed by atoms with Gasteiger partial charge in [-0.25, -0.2) is 9.64 Å². The highest BCUT2D eigenvalue weighted by molar-refractivity contribution is 5.96. The fraction of sp³-hybridized carbons (Fsp3) is 0.192. The fourth-order valence-corrected chi connectivity index (χ4v) is 3.49. The number of carbonyl (C=O) groups excluding carboxylic acids is 1. The zero-order chi connectivity index (χ0) is 24.0. The Morgan fingerprint density at radius 2 is 1.82 bits per heavy atom. The number of anilines is 3. The summed E-state index contributed by atoms with van der Waals surface area (Å²) in [5.74, 6) is 0.357. The normalized spacial score (nSPS) is 10.1. The minimum Gasteiger partial charge on any atom is -0.465 e. The molecule has 0 aliphatic carbocycles. The van der Waals surface area contributed by atoms with Crippen molar-refractivity contribution in [3.63, 3.8) is 0 Å². The number of nitriles is 1. The third-order valence-electron chi connectivity index (χ3n) is 5.09. The Morgan fingerprint density at radius 1 is 1.15 bits per heavy atom. The first-order chi connectivity index (χ1) is 15.9. The molecule has 0 unspecified atom stereocenters. The topological polar surface area (TPSA) is 102 Å². The Kier molecular flexibility index (Phi) is 7.17. The Balaban J connectivity index is 2.00. The van der Waals surface area contributed by atoms with Gasteiger partial charge in [-0.1, -0.05) is 24.3 Å². The van der Waals surface area contributed by atoms with Crippen molar-refractivity contribution in [2.45, 2.75) is 26.7 Å². The van der Waals surface area contributed by atoms with Gasteiger partial charge in [0.2, 0.25) is 0 Å². The highest BCUT2D eigenvalue weighted by atomic mass is 16.5. The molecule has 0 saturated carbocycles. The molecule has 7 heteroatoms. The molecule has 0 aliphatic heterocycles. The van der Waals surface area contributed by atoms with Gasteiger partial charge >= 0.3 is 5.97 Å². The van der Waals surface area contributed by atoms with Gasteiger partial charge in [-0.05, 0) is 55.2 Å². The maximum atomic E-state index is 12.4. The predicted molar refractivity (Wildman–Crippen MR) is 128 cm³/mol. The Hall–Kier alpha value is -4.49. The number of esters is 1. The van der Waals surface area contributed by atoms with E-state index in [-0.39, 0.29) is 5.56 Å². The Bertz CT molecular complexity index is 1250. The first kappa shape index (κ1) is 23.2. The number of ether oxygens (including phenoxy) is 2. The molecular weight excluding hydrogens is 416 g/mol. The predicted octanol–water partition coefficient (Wildman–Crippen LogP) is 6.22. The summed E-state index contributed by atoms with van der Waals surface area (Å²) in [7, 11) is 1.30. The number of benzene rings is 3. The zero-order valence-corrected chi connectivity index (χ0v) is 18.7. The van der Waals surface area contributed by atoms with E-state index in [4.69, 9.17) is 27.0 Å². The number of aryl methyl sites for hydroxylation is 3. The molecule has 166 valence electrons. The van der Waals surface area contributed by atoms with E-state index in [1.807, 2.05) is 26.0 Å². The van der Waals surface area contributed by atoms with Crippen LogP contribution >= 0.6 is 0 Å². The molecule has 3 aromatic carbocycles. The average molecular weight is 441 g/mol. The molecule has 0 spiro atoms. The minimum atomic E-state index is -0.564. The molecule has 3 aromatic rings. The number of nitrogens with one attached hydrogen (secondary N) is 1. The second kappa shape index (κ2) is 10.2. The number of carbonyl (C=O) groups is 1. The van der Waals surface area contributed by atoms with Crippen molar-refractivity contribution in [3.8, 4) is 17.6 Å². The van der Waals surface area contributed by atoms with E-state index in [1.165, 1.54) is 13.2 Å². The molecule has 3 rings (SSSR count). The van der Waals surface area contributed by atoms with Crippen molar-refractivity contribution in [1.29, 1.82) is 5.26 Å². The van der Waals surface area contributed by atoms with Gasteiger partial charge in [0.25, 0.3) is 0 Å². The molecule has 0 saturated heterocycles. The number of methoxy groups -OCH3 is 1. The molecule has 0 aliphatic rings. The van der Waals surface area contributed by atoms with Crippen molar-refractivity contribution in [2.75, 3.05) is 18.2 Å². The summed E-state index contributed by atoms with van der Waals surface area (Å²) in [6.45, 7) is 10.9. The first-order valence-corrected chi connectivity index (χ1v) is 10.3. The molecular formula is C26H24N4O3. The number of nitrogen functional groups attached to an aromatic ring is 1. The minimum absolute atomic E-state index is 0.205. The van der Waals surface area contributed by atoms with E-state index in [0.717, 1.165) is 22.4 Å². The van der Waals surface area contributed by atoms with Crippen LogP contribution in [0.25, 0.3) is 4.85 Å². The van der Waals surface area contributed by atoms with E-state index in [9.17, 15) is 4.79 Å². The van der Waals surface area contributed by atoms with E-state index in [1.54, 1.807) is 30.3 Å². The summed E-state index contributed by atoms with van der Waals surface area (Å²) in [6.07, 6.45) is 1.10. The number of hydrogen-bond acceptors (Lipinski definition) is 6. The molecule has 33 heavy (non-hydrogen) atoms. The van der Waals surface area contributed by atoms with Gasteiger partial charge in [0, 0.05) is 18.2 Å². The summed E-state index contributed by atoms with van der Waals surface area (Å²) in [5, 5.41) is 12.1. The van der Waals surface area contributed by atoms with Crippen LogP contribution in [0.3, 0.4) is 0 Å². The molecule has 0 bridgehead atoms. The molecule has 0 amide bonds. The highest BCUT2D eigenvalue weighted by Crippen LogP contribution is 2.37. The van der Waals surface area contributed by atoms with Gasteiger partial charge in [-0.2, -0.15) is 5.26 Å². The summed E-state index contributed by atoms with van der Waals surface area (Å²) < 4.78 is 11.1. The van der Waals surface area contributed by atoms with Crippen molar-refractivity contribution in [3.05, 3.63) is 82.2 Å². The Labute approximate surface area is 193 Å². The van der Waals surface area contributed by atoms with Gasteiger partial charge in [-0.15, -0.1) is 0 Å². The number of hydrogen-bond donors (Lipinski definition) is 2. The van der Waals surface area contributed by atoms with E-state index in [0.29, 0.717) is 41.4 Å². The summed E-state index contributed by atoms with van der Waals surface area (Å²) in [5.41, 5.74) is 11.4. The smallest absolute Gasteiger partial charge is 0.341 e. The number of nitrogens with two attached hydrogens (primary N) is 1. The van der Waals surface area contributed by atoms with Crippen LogP contribution in [0.1, 0.15) is 33.5 Å². The first-order valence-electron chi connectivity index (χ1n) is 10.3. The van der Waals surface area contributed by atoms with Crippen LogP contribution in [0.2, 0.25) is 0 Å². The van der Waals surface area contributed by atoms with E-state index in [2.05, 4.69) is 16.2 Å². The zero-order valence-electron chi connectivity index (χ0n) is 18.7. The standard InChI is InChI=1S/C26H24N4O3/c1-16-12-18(6-5-11-27)13-17(2)25(16)33-24-15-23(22(28)14-21(24)26(31)32-4)30-20-9-7-19(29-3)8-10-20/h7-10,12-15,30H,5-6,28H2,1-2,4H3. The van der Waals surface area contributed by atoms with Crippen LogP contribution in [0.5, 0.6) is 11.5 Å². The lowest BCUT2D eigenvalue weighted by Crippen LogP contribution is -2.07. The Morgan fingerprint density at radius 3 is 2.39 bits per heavy atom. The summed E-state index contributed by atoms with van der Waals surface area (Å²) >= 11 is 0. The van der Waals surface area contributed by atoms with Gasteiger partial charge < -0.3 is 20.5 Å². The molecule has 3 N–H and O–H groups in total. The number of rotatable bonds is 7. The van der Waals surface area contributed by atoms with Crippen LogP contribution in [0.15, 0.2) is 48.5 Å². The maximum Gasteiger partial charge on any atom is 0.341 e. The van der Waals surface area contributed by atoms with Crippen LogP contribution in [-0.4, -0.2) is 13.1 Å². The van der Waals surface area contributed by atoms with E-state index < -0.39 is 5.97 Å². The maximum absolute atomic E-state index is 12.4. The lowest BCUT2D eigenvalue weighted by molar-refractivity contribution is 0.0598. The van der Waals surface area contributed by atoms with Crippen molar-refractivity contribution in [1.82, 2.24) is 0 Å². The van der Waals surface area contributed by atoms with Gasteiger partial charge in [0.05, 0.1) is 31.1 Å². The molecule has 0 aromatic heterocycles. The SMILES string of the molecule is [C-]#[N+]c1ccc(Nc2cc(Oc3c(C)cc(CCC#N)cc3C)c(C(=O)OC)cc2N)cc1. The highest BCUT2D eigenvalue weighted by Gasteiger charge is 2.19. The van der Waals surface area contributed by atoms with Crippen LogP contribution in [0, 0.1) is 31.8 Å². The van der Waals surface area contributed by atoms with Crippen LogP contribution in [0.4, 0.5) is 22.7 Å². The third kappa shape index (κ3) is 5.41. The van der Waals surface area contributed by atoms with Crippen molar-refractivity contribution in [2.24, 2.45) is 0 Å². The largest absolute Gasteiger partial charge is 0.465 e. The van der Waals surface area contributed by atoms with Gasteiger partial charge in [0.15, 0.2) is 5.69 Å². The van der Waals surface area contributed by atoms with Crippen molar-refractivity contribution >= 4 is 28.7 Å². The quantitative estimate of drug-likeness (QED) is 0.257. The molecule has 0 atom stereocenters. The van der Waals surface area contributed by atoms with Crippen LogP contribution in [-0.2, 0) is 11.2 Å². The lowest BCUT2D eigenvalue weighted by atomic mass is 10.0. The number of nitrogens with zero attached hydrogens (tertiary/aromatic N) is 2. The van der Waals surface area contributed by atoms with Crippen molar-refractivity contribution < 1.29 is 14.3 Å². The monoisotopic (exact) mass is 440 g/mol. The van der Waals surface area contributed by atoms with Gasteiger partial charge in [0.1, 0.15) is 17.1 Å². The second-order valence-corrected chi connectivity index (χ2v) is 7.53. The molecule has 0 heterocycles. The molecule has 7 nitrogen and oxygen atoms in total. The second-order valence-electron chi connectivity index (χ2n) is 7.53. The van der Waals surface area contributed by atoms with E-state index >= 15 is 0 Å². The average Bonchev–Trinajstić information content (AvgIpc) is 2.81. The molecule has 0 radical (unpaired) electrons. The third-order valence-corrected chi connectivity index (χ3v) is 5.09. The molecule has 0 fully saturated rings. The lowest BCUT2D eigenvalue weighted by Gasteiger charge is -2.18. The van der Waals surface area contributed by atoms with Gasteiger partial charge in [-0.3, -0.25) is 0 Å². The van der Waals surface area contributed by atoms with Crippen LogP contribution < -0.4 is 15.8 Å². The summed E-state index contributed by atoms with van der Waals surface area (Å²) in [4.78, 5) is 15.8. The summed E-state index contributed by atoms with van der Waals surface area (Å²) in [6, 6.07) is 16.2. The fourth-order valence-electron chi connectivity index (χ4n) is 3.49.